The molecule has 0 N–H and O–H groups in total. The molecule has 126 valence electrons. The van der Waals surface area contributed by atoms with Crippen LogP contribution in [0.3, 0.4) is 0 Å². The highest BCUT2D eigenvalue weighted by atomic mass is 15.1. The molecule has 0 spiro atoms. The van der Waals surface area contributed by atoms with Gasteiger partial charge in [-0.1, -0.05) is 49.1 Å². The Balaban J connectivity index is 1.47. The molecule has 0 unspecified atom stereocenters. The van der Waals surface area contributed by atoms with Gasteiger partial charge in [-0.3, -0.25) is 4.90 Å². The number of nitrogens with zero attached hydrogens (tertiary/aromatic N) is 3. The molecule has 1 saturated carbocycles. The van der Waals surface area contributed by atoms with Crippen LogP contribution in [0.4, 0.5) is 0 Å². The fourth-order valence-electron chi connectivity index (χ4n) is 4.02. The second-order valence-electron chi connectivity index (χ2n) is 7.48. The van der Waals surface area contributed by atoms with Crippen molar-refractivity contribution in [1.82, 2.24) is 14.9 Å². The van der Waals surface area contributed by atoms with E-state index in [-0.39, 0.29) is 0 Å². The van der Waals surface area contributed by atoms with Gasteiger partial charge in [-0.2, -0.15) is 0 Å². The van der Waals surface area contributed by atoms with Gasteiger partial charge in [0.2, 0.25) is 0 Å². The Morgan fingerprint density at radius 2 is 1.88 bits per heavy atom. The number of aryl methyl sites for hydroxylation is 1. The number of benzene rings is 1. The fourth-order valence-corrected chi connectivity index (χ4v) is 4.02. The van der Waals surface area contributed by atoms with Crippen LogP contribution in [-0.4, -0.2) is 21.4 Å². The number of hydrogen-bond acceptors (Lipinski definition) is 3. The third-order valence-electron chi connectivity index (χ3n) is 5.54. The summed E-state index contributed by atoms with van der Waals surface area (Å²) in [4.78, 5) is 12.2. The second-order valence-corrected chi connectivity index (χ2v) is 7.48. The Hall–Kier alpha value is -1.74. The molecular formula is C21H27N3. The number of fused-ring (bicyclic) bond motifs is 1. The lowest BCUT2D eigenvalue weighted by Crippen LogP contribution is -2.31. The van der Waals surface area contributed by atoms with Crippen molar-refractivity contribution in [3.63, 3.8) is 0 Å². The van der Waals surface area contributed by atoms with E-state index in [1.165, 1.54) is 54.5 Å². The zero-order valence-electron chi connectivity index (χ0n) is 14.7. The fraction of sp³-hybridized carbons (Fsp3) is 0.524. The van der Waals surface area contributed by atoms with E-state index in [9.17, 15) is 0 Å². The number of hydrogen-bond donors (Lipinski definition) is 0. The van der Waals surface area contributed by atoms with Gasteiger partial charge in [0.1, 0.15) is 5.82 Å². The van der Waals surface area contributed by atoms with E-state index < -0.39 is 0 Å². The van der Waals surface area contributed by atoms with Gasteiger partial charge in [0.15, 0.2) is 0 Å². The summed E-state index contributed by atoms with van der Waals surface area (Å²) in [6.07, 6.45) is 9.78. The normalized spacial score (nSPS) is 19.2. The highest BCUT2D eigenvalue weighted by Gasteiger charge is 2.22. The van der Waals surface area contributed by atoms with E-state index in [2.05, 4.69) is 42.3 Å². The van der Waals surface area contributed by atoms with E-state index in [1.807, 2.05) is 0 Å². The molecule has 3 nitrogen and oxygen atoms in total. The molecule has 4 rings (SSSR count). The summed E-state index contributed by atoms with van der Waals surface area (Å²) in [5.41, 5.74) is 5.34. The van der Waals surface area contributed by atoms with Crippen LogP contribution in [0.2, 0.25) is 0 Å². The third kappa shape index (κ3) is 3.51. The largest absolute Gasteiger partial charge is 0.293 e. The molecule has 0 radical (unpaired) electrons. The Kier molecular flexibility index (Phi) is 4.61. The number of rotatable bonds is 3. The van der Waals surface area contributed by atoms with Gasteiger partial charge in [0, 0.05) is 31.7 Å². The van der Waals surface area contributed by atoms with Crippen molar-refractivity contribution < 1.29 is 0 Å². The summed E-state index contributed by atoms with van der Waals surface area (Å²) in [7, 11) is 0. The van der Waals surface area contributed by atoms with Crippen molar-refractivity contribution in [2.45, 2.75) is 64.5 Å². The van der Waals surface area contributed by atoms with E-state index in [4.69, 9.17) is 9.97 Å². The van der Waals surface area contributed by atoms with Gasteiger partial charge in [0.05, 0.1) is 5.69 Å². The average molecular weight is 321 g/mol. The predicted octanol–water partition coefficient (Wildman–Crippen LogP) is 4.39. The van der Waals surface area contributed by atoms with Crippen LogP contribution < -0.4 is 0 Å². The zero-order chi connectivity index (χ0) is 16.4. The molecule has 2 aromatic rings. The van der Waals surface area contributed by atoms with Crippen LogP contribution in [0.15, 0.2) is 30.5 Å². The van der Waals surface area contributed by atoms with E-state index >= 15 is 0 Å². The molecule has 1 aliphatic carbocycles. The monoisotopic (exact) mass is 321 g/mol. The molecule has 0 saturated heterocycles. The van der Waals surface area contributed by atoms with E-state index in [0.29, 0.717) is 5.92 Å². The SMILES string of the molecule is Cc1ccc(CN2CCc3cnc(C4CCCCC4)nc3C2)cc1. The lowest BCUT2D eigenvalue weighted by atomic mass is 9.88. The first-order valence-electron chi connectivity index (χ1n) is 9.40. The quantitative estimate of drug-likeness (QED) is 0.839. The van der Waals surface area contributed by atoms with Gasteiger partial charge in [-0.25, -0.2) is 9.97 Å². The van der Waals surface area contributed by atoms with Crippen LogP contribution in [0.25, 0.3) is 0 Å². The summed E-state index contributed by atoms with van der Waals surface area (Å²) >= 11 is 0. The molecule has 0 bridgehead atoms. The highest BCUT2D eigenvalue weighted by Crippen LogP contribution is 2.31. The standard InChI is InChI=1S/C21H27N3/c1-16-7-9-17(10-8-16)14-24-12-11-19-13-22-21(23-20(19)15-24)18-5-3-2-4-6-18/h7-10,13,18H,2-6,11-12,14-15H2,1H3. The summed E-state index contributed by atoms with van der Waals surface area (Å²) in [5, 5.41) is 0. The topological polar surface area (TPSA) is 29.0 Å². The molecule has 2 aliphatic rings. The van der Waals surface area contributed by atoms with E-state index in [0.717, 1.165) is 31.9 Å². The Morgan fingerprint density at radius 1 is 1.08 bits per heavy atom. The molecule has 24 heavy (non-hydrogen) atoms. The maximum Gasteiger partial charge on any atom is 0.131 e. The molecule has 0 atom stereocenters. The van der Waals surface area contributed by atoms with Gasteiger partial charge in [0.25, 0.3) is 0 Å². The summed E-state index contributed by atoms with van der Waals surface area (Å²) < 4.78 is 0. The molecular weight excluding hydrogens is 294 g/mol. The minimum atomic E-state index is 0.594. The lowest BCUT2D eigenvalue weighted by Gasteiger charge is -2.29. The summed E-state index contributed by atoms with van der Waals surface area (Å²) in [6.45, 7) is 5.23. The van der Waals surface area contributed by atoms with Crippen LogP contribution >= 0.6 is 0 Å². The van der Waals surface area contributed by atoms with Crippen molar-refractivity contribution in [2.75, 3.05) is 6.54 Å². The van der Waals surface area contributed by atoms with Crippen molar-refractivity contribution in [2.24, 2.45) is 0 Å². The smallest absolute Gasteiger partial charge is 0.131 e. The molecule has 2 heterocycles. The molecule has 1 aromatic heterocycles. The number of aromatic nitrogens is 2. The molecule has 0 amide bonds. The van der Waals surface area contributed by atoms with Crippen LogP contribution in [-0.2, 0) is 19.5 Å². The average Bonchev–Trinajstić information content (AvgIpc) is 2.64. The van der Waals surface area contributed by atoms with Crippen molar-refractivity contribution in [3.05, 3.63) is 58.7 Å². The highest BCUT2D eigenvalue weighted by molar-refractivity contribution is 5.24. The minimum Gasteiger partial charge on any atom is -0.293 e. The van der Waals surface area contributed by atoms with Crippen LogP contribution in [0, 0.1) is 6.92 Å². The zero-order valence-corrected chi connectivity index (χ0v) is 14.7. The molecule has 1 fully saturated rings. The summed E-state index contributed by atoms with van der Waals surface area (Å²) in [6, 6.07) is 8.91. The summed E-state index contributed by atoms with van der Waals surface area (Å²) in [5.74, 6) is 1.70. The van der Waals surface area contributed by atoms with Crippen LogP contribution in [0.5, 0.6) is 0 Å². The minimum absolute atomic E-state index is 0.594. The first-order valence-corrected chi connectivity index (χ1v) is 9.40. The second kappa shape index (κ2) is 7.02. The van der Waals surface area contributed by atoms with Crippen molar-refractivity contribution in [1.29, 1.82) is 0 Å². The van der Waals surface area contributed by atoms with E-state index in [1.54, 1.807) is 0 Å². The van der Waals surface area contributed by atoms with Crippen molar-refractivity contribution >= 4 is 0 Å². The lowest BCUT2D eigenvalue weighted by molar-refractivity contribution is 0.240. The van der Waals surface area contributed by atoms with Crippen molar-refractivity contribution in [3.8, 4) is 0 Å². The van der Waals surface area contributed by atoms with Gasteiger partial charge >= 0.3 is 0 Å². The Morgan fingerprint density at radius 3 is 2.67 bits per heavy atom. The Labute approximate surface area is 145 Å². The van der Waals surface area contributed by atoms with Gasteiger partial charge in [-0.05, 0) is 37.3 Å². The van der Waals surface area contributed by atoms with Gasteiger partial charge in [-0.15, -0.1) is 0 Å². The molecule has 3 heteroatoms. The Bertz CT molecular complexity index is 687. The van der Waals surface area contributed by atoms with Crippen LogP contribution in [0.1, 0.15) is 66.2 Å². The van der Waals surface area contributed by atoms with Gasteiger partial charge < -0.3 is 0 Å². The third-order valence-corrected chi connectivity index (χ3v) is 5.54. The molecule has 1 aromatic carbocycles. The maximum atomic E-state index is 4.99. The first kappa shape index (κ1) is 15.8. The predicted molar refractivity (Wildman–Crippen MR) is 96.9 cm³/mol. The molecule has 1 aliphatic heterocycles. The maximum absolute atomic E-state index is 4.99. The first-order chi connectivity index (χ1) is 11.8.